The van der Waals surface area contributed by atoms with E-state index in [0.29, 0.717) is 18.6 Å². The van der Waals surface area contributed by atoms with Crippen LogP contribution in [-0.2, 0) is 24.1 Å². The van der Waals surface area contributed by atoms with Gasteiger partial charge >= 0.3 is 6.18 Å². The van der Waals surface area contributed by atoms with Crippen LogP contribution in [0.2, 0.25) is 5.02 Å². The molecule has 1 unspecified atom stereocenters. The highest BCUT2D eigenvalue weighted by Gasteiger charge is 2.41. The molecule has 3 nitrogen and oxygen atoms in total. The third-order valence-corrected chi connectivity index (χ3v) is 7.36. The number of alkyl halides is 5. The van der Waals surface area contributed by atoms with Crippen molar-refractivity contribution < 1.29 is 26.3 Å². The predicted octanol–water partition coefficient (Wildman–Crippen LogP) is 8.82. The van der Waals surface area contributed by atoms with Gasteiger partial charge in [0.15, 0.2) is 5.13 Å². The van der Waals surface area contributed by atoms with Gasteiger partial charge in [-0.05, 0) is 57.4 Å². The highest BCUT2D eigenvalue weighted by atomic mass is 79.9. The van der Waals surface area contributed by atoms with Crippen LogP contribution in [0.5, 0.6) is 0 Å². The van der Waals surface area contributed by atoms with Gasteiger partial charge in [-0.1, -0.05) is 53.3 Å². The summed E-state index contributed by atoms with van der Waals surface area (Å²) in [7, 11) is 0. The molecule has 1 atom stereocenters. The number of hydrogen-bond donors (Lipinski definition) is 1. The number of halogens is 8. The van der Waals surface area contributed by atoms with Crippen LogP contribution in [0.3, 0.4) is 0 Å². The first-order valence-corrected chi connectivity index (χ1v) is 12.6. The van der Waals surface area contributed by atoms with E-state index in [1.54, 1.807) is 30.3 Å². The maximum absolute atomic E-state index is 14.7. The van der Waals surface area contributed by atoms with Crippen LogP contribution in [0.15, 0.2) is 70.6 Å². The molecule has 0 saturated heterocycles. The fourth-order valence-corrected chi connectivity index (χ4v) is 5.72. The number of benzene rings is 2. The molecule has 0 aliphatic carbocycles. The minimum Gasteiger partial charge on any atom is -0.346 e. The number of anilines is 1. The minimum atomic E-state index is -4.84. The molecular formula is C25H17BrClF6N3S. The summed E-state index contributed by atoms with van der Waals surface area (Å²) in [6, 6.07) is 13.8. The Labute approximate surface area is 225 Å². The lowest BCUT2D eigenvalue weighted by Gasteiger charge is -2.36. The van der Waals surface area contributed by atoms with Crippen LogP contribution in [0, 0.1) is 5.82 Å². The monoisotopic (exact) mass is 619 g/mol. The van der Waals surface area contributed by atoms with Crippen molar-refractivity contribution in [1.82, 2.24) is 9.97 Å². The molecule has 0 radical (unpaired) electrons. The number of nitrogens with one attached hydrogen (secondary N) is 1. The summed E-state index contributed by atoms with van der Waals surface area (Å²) in [6.45, 7) is 0.677. The molecule has 4 rings (SSSR count). The first-order chi connectivity index (χ1) is 17.3. The van der Waals surface area contributed by atoms with Crippen molar-refractivity contribution in [3.63, 3.8) is 0 Å². The van der Waals surface area contributed by atoms with Crippen molar-refractivity contribution in [2.24, 2.45) is 0 Å². The molecule has 4 aromatic rings. The van der Waals surface area contributed by atoms with Crippen molar-refractivity contribution >= 4 is 44.0 Å². The van der Waals surface area contributed by atoms with Crippen molar-refractivity contribution in [1.29, 1.82) is 0 Å². The van der Waals surface area contributed by atoms with Crippen LogP contribution in [0.25, 0.3) is 0 Å². The number of rotatable bonds is 7. The molecule has 2 aromatic carbocycles. The summed E-state index contributed by atoms with van der Waals surface area (Å²) in [5.41, 5.74) is -2.72. The summed E-state index contributed by atoms with van der Waals surface area (Å²) in [6.07, 6.45) is -3.58. The van der Waals surface area contributed by atoms with Crippen LogP contribution >= 0.6 is 38.9 Å². The Hall–Kier alpha value is -2.63. The molecule has 2 aromatic heterocycles. The zero-order chi connectivity index (χ0) is 27.0. The summed E-state index contributed by atoms with van der Waals surface area (Å²) in [5.74, 6) is -4.42. The Morgan fingerprint density at radius 2 is 1.65 bits per heavy atom. The van der Waals surface area contributed by atoms with Crippen LogP contribution in [-0.4, -0.2) is 9.97 Å². The van der Waals surface area contributed by atoms with Crippen molar-refractivity contribution in [2.75, 3.05) is 5.32 Å². The Balaban J connectivity index is 2.01. The zero-order valence-corrected chi connectivity index (χ0v) is 22.0. The van der Waals surface area contributed by atoms with E-state index in [1.807, 2.05) is 0 Å². The first-order valence-electron chi connectivity index (χ1n) is 10.6. The maximum atomic E-state index is 14.7. The van der Waals surface area contributed by atoms with Crippen molar-refractivity contribution in [3.05, 3.63) is 110 Å². The number of hydrogen-bond acceptors (Lipinski definition) is 4. The molecule has 0 aliphatic heterocycles. The number of nitrogens with zero attached hydrogens (tertiary/aromatic N) is 2. The molecule has 2 heterocycles. The molecule has 0 bridgehead atoms. The smallest absolute Gasteiger partial charge is 0.346 e. The SMILES string of the molecule is CC(F)(F)c1nc(NC(Cc2ccccc2)(c2cc(F)cc(C(F)(F)F)c2)c2ccc(Cl)cn2)sc1Br. The molecule has 0 fully saturated rings. The number of thiazole rings is 1. The van der Waals surface area contributed by atoms with Crippen molar-refractivity contribution in [3.8, 4) is 0 Å². The lowest BCUT2D eigenvalue weighted by Crippen LogP contribution is -2.40. The fraction of sp³-hybridized carbons (Fsp3) is 0.200. The summed E-state index contributed by atoms with van der Waals surface area (Å²) >= 11 is 9.94. The molecular weight excluding hydrogens is 604 g/mol. The predicted molar refractivity (Wildman–Crippen MR) is 135 cm³/mol. The number of pyridine rings is 1. The van der Waals surface area contributed by atoms with Gasteiger partial charge in [0.05, 0.1) is 16.3 Å². The van der Waals surface area contributed by atoms with Gasteiger partial charge in [0.2, 0.25) is 0 Å². The standard InChI is InChI=1S/C25H17BrClF6N3S/c1-23(29,30)20-21(26)37-22(35-20)36-24(12-14-5-3-2-4-6-14,19-8-7-17(27)13-34-19)15-9-16(25(31,32)33)11-18(28)10-15/h2-11,13H,12H2,1H3,(H,35,36). The summed E-state index contributed by atoms with van der Waals surface area (Å²) in [5, 5.41) is 3.26. The van der Waals surface area contributed by atoms with Gasteiger partial charge in [0, 0.05) is 19.5 Å². The third-order valence-electron chi connectivity index (χ3n) is 5.52. The Bertz CT molecular complexity index is 1390. The van der Waals surface area contributed by atoms with E-state index < -0.39 is 34.7 Å². The van der Waals surface area contributed by atoms with E-state index in [1.165, 1.54) is 18.3 Å². The Kier molecular flexibility index (Phi) is 7.60. The fourth-order valence-electron chi connectivity index (χ4n) is 3.86. The van der Waals surface area contributed by atoms with Gasteiger partial charge in [0.25, 0.3) is 5.92 Å². The average Bonchev–Trinajstić information content (AvgIpc) is 3.19. The lowest BCUT2D eigenvalue weighted by molar-refractivity contribution is -0.137. The quantitative estimate of drug-likeness (QED) is 0.210. The molecule has 0 amide bonds. The van der Waals surface area contributed by atoms with Gasteiger partial charge in [0.1, 0.15) is 20.8 Å². The Morgan fingerprint density at radius 1 is 0.973 bits per heavy atom. The largest absolute Gasteiger partial charge is 0.416 e. The second kappa shape index (κ2) is 10.3. The van der Waals surface area contributed by atoms with E-state index in [0.717, 1.165) is 23.5 Å². The van der Waals surface area contributed by atoms with Gasteiger partial charge in [-0.3, -0.25) is 4.98 Å². The molecule has 194 valence electrons. The maximum Gasteiger partial charge on any atom is 0.416 e. The van der Waals surface area contributed by atoms with Crippen molar-refractivity contribution in [2.45, 2.75) is 31.0 Å². The minimum absolute atomic E-state index is 0.0295. The first kappa shape index (κ1) is 27.4. The van der Waals surface area contributed by atoms with Gasteiger partial charge in [-0.2, -0.15) is 22.0 Å². The molecule has 0 aliphatic rings. The summed E-state index contributed by atoms with van der Waals surface area (Å²) in [4.78, 5) is 8.35. The molecule has 12 heteroatoms. The van der Waals surface area contributed by atoms with E-state index in [2.05, 4.69) is 31.2 Å². The molecule has 0 saturated carbocycles. The molecule has 0 spiro atoms. The normalized spacial score (nSPS) is 13.9. The highest BCUT2D eigenvalue weighted by Crippen LogP contribution is 2.43. The number of aromatic nitrogens is 2. The van der Waals surface area contributed by atoms with E-state index >= 15 is 0 Å². The third kappa shape index (κ3) is 6.10. The summed E-state index contributed by atoms with van der Waals surface area (Å²) < 4.78 is 84.1. The van der Waals surface area contributed by atoms with E-state index in [-0.39, 0.29) is 31.6 Å². The van der Waals surface area contributed by atoms with Crippen LogP contribution < -0.4 is 5.32 Å². The van der Waals surface area contributed by atoms with Crippen LogP contribution in [0.4, 0.5) is 31.5 Å². The van der Waals surface area contributed by atoms with Gasteiger partial charge in [-0.15, -0.1) is 0 Å². The molecule has 1 N–H and O–H groups in total. The van der Waals surface area contributed by atoms with E-state index in [9.17, 15) is 26.3 Å². The zero-order valence-electron chi connectivity index (χ0n) is 18.9. The molecule has 37 heavy (non-hydrogen) atoms. The average molecular weight is 621 g/mol. The highest BCUT2D eigenvalue weighted by molar-refractivity contribution is 9.11. The van der Waals surface area contributed by atoms with Gasteiger partial charge < -0.3 is 5.32 Å². The second-order valence-corrected chi connectivity index (χ2v) is 11.1. The van der Waals surface area contributed by atoms with Gasteiger partial charge in [-0.25, -0.2) is 9.37 Å². The second-order valence-electron chi connectivity index (χ2n) is 8.31. The van der Waals surface area contributed by atoms with Crippen LogP contribution in [0.1, 0.15) is 35.0 Å². The van der Waals surface area contributed by atoms with E-state index in [4.69, 9.17) is 11.6 Å². The Morgan fingerprint density at radius 3 is 2.22 bits per heavy atom. The lowest BCUT2D eigenvalue weighted by atomic mass is 9.80. The topological polar surface area (TPSA) is 37.8 Å².